The Balaban J connectivity index is 2.47. The minimum atomic E-state index is -0.424. The number of carbonyl (C=O) groups is 1. The van der Waals surface area contributed by atoms with E-state index in [2.05, 4.69) is 0 Å². The summed E-state index contributed by atoms with van der Waals surface area (Å²) in [7, 11) is 1.32. The van der Waals surface area contributed by atoms with Crippen molar-refractivity contribution in [1.82, 2.24) is 4.57 Å². The van der Waals surface area contributed by atoms with Crippen LogP contribution in [0.4, 0.5) is 0 Å². The van der Waals surface area contributed by atoms with Gasteiger partial charge in [-0.2, -0.15) is 5.26 Å². The fraction of sp³-hybridized carbons (Fsp3) is 0.235. The van der Waals surface area contributed by atoms with Crippen LogP contribution >= 0.6 is 0 Å². The molecule has 112 valence electrons. The predicted molar refractivity (Wildman–Crippen MR) is 81.8 cm³/mol. The highest BCUT2D eigenvalue weighted by Crippen LogP contribution is 2.11. The summed E-state index contributed by atoms with van der Waals surface area (Å²) in [5.74, 6) is -0.424. The molecule has 0 saturated heterocycles. The van der Waals surface area contributed by atoms with Gasteiger partial charge in [0.15, 0.2) is 0 Å². The second kappa shape index (κ2) is 6.27. The Hall–Kier alpha value is -2.87. The van der Waals surface area contributed by atoms with E-state index in [0.717, 1.165) is 11.3 Å². The first-order chi connectivity index (χ1) is 10.5. The molecule has 1 aromatic heterocycles. The van der Waals surface area contributed by atoms with Crippen LogP contribution in [0.15, 0.2) is 35.1 Å². The quantitative estimate of drug-likeness (QED) is 0.814. The molecule has 1 aromatic carbocycles. The molecule has 0 spiro atoms. The SMILES string of the molecule is COC(=O)c1cccc(Cn2c(C)cc(C)c(C#N)c2=O)c1. The van der Waals surface area contributed by atoms with Gasteiger partial charge in [0.05, 0.1) is 19.2 Å². The fourth-order valence-electron chi connectivity index (χ4n) is 2.36. The van der Waals surface area contributed by atoms with Crippen LogP contribution in [0.3, 0.4) is 0 Å². The number of ether oxygens (including phenoxy) is 1. The van der Waals surface area contributed by atoms with Gasteiger partial charge in [-0.1, -0.05) is 12.1 Å². The van der Waals surface area contributed by atoms with Gasteiger partial charge < -0.3 is 9.30 Å². The summed E-state index contributed by atoms with van der Waals surface area (Å²) in [6.07, 6.45) is 0. The van der Waals surface area contributed by atoms with Crippen LogP contribution in [0.5, 0.6) is 0 Å². The van der Waals surface area contributed by atoms with Crippen LogP contribution in [-0.2, 0) is 11.3 Å². The van der Waals surface area contributed by atoms with E-state index >= 15 is 0 Å². The first-order valence-corrected chi connectivity index (χ1v) is 6.76. The molecule has 0 radical (unpaired) electrons. The van der Waals surface area contributed by atoms with E-state index in [9.17, 15) is 9.59 Å². The number of aryl methyl sites for hydroxylation is 2. The number of hydrogen-bond donors (Lipinski definition) is 0. The van der Waals surface area contributed by atoms with Crippen molar-refractivity contribution in [3.05, 3.63) is 68.6 Å². The topological polar surface area (TPSA) is 72.1 Å². The number of esters is 1. The standard InChI is InChI=1S/C17H16N2O3/c1-11-7-12(2)19(16(20)15(11)9-18)10-13-5-4-6-14(8-13)17(21)22-3/h4-8H,10H2,1-3H3. The molecule has 5 heteroatoms. The van der Waals surface area contributed by atoms with E-state index in [1.54, 1.807) is 25.1 Å². The lowest BCUT2D eigenvalue weighted by atomic mass is 10.1. The maximum atomic E-state index is 12.4. The fourth-order valence-corrected chi connectivity index (χ4v) is 2.36. The average molecular weight is 296 g/mol. The minimum Gasteiger partial charge on any atom is -0.465 e. The lowest BCUT2D eigenvalue weighted by molar-refractivity contribution is 0.0600. The third-order valence-corrected chi connectivity index (χ3v) is 3.51. The molecule has 0 aliphatic rings. The van der Waals surface area contributed by atoms with Crippen LogP contribution in [0.25, 0.3) is 0 Å². The summed E-state index contributed by atoms with van der Waals surface area (Å²) in [4.78, 5) is 23.9. The summed E-state index contributed by atoms with van der Waals surface area (Å²) < 4.78 is 6.22. The molecule has 1 heterocycles. The number of carbonyl (C=O) groups excluding carboxylic acids is 1. The predicted octanol–water partition coefficient (Wildman–Crippen LogP) is 2.17. The second-order valence-corrected chi connectivity index (χ2v) is 5.04. The molecule has 0 saturated carbocycles. The first-order valence-electron chi connectivity index (χ1n) is 6.76. The van der Waals surface area contributed by atoms with Gasteiger partial charge in [0, 0.05) is 5.69 Å². The lowest BCUT2D eigenvalue weighted by Gasteiger charge is -2.12. The maximum Gasteiger partial charge on any atom is 0.337 e. The van der Waals surface area contributed by atoms with Crippen LogP contribution in [-0.4, -0.2) is 17.6 Å². The molecular formula is C17H16N2O3. The number of aromatic nitrogens is 1. The third-order valence-electron chi connectivity index (χ3n) is 3.51. The van der Waals surface area contributed by atoms with Crippen molar-refractivity contribution in [2.45, 2.75) is 20.4 Å². The Kier molecular flexibility index (Phi) is 4.42. The Labute approximate surface area is 128 Å². The van der Waals surface area contributed by atoms with E-state index in [1.807, 2.05) is 25.1 Å². The molecule has 22 heavy (non-hydrogen) atoms. The molecule has 0 bridgehead atoms. The van der Waals surface area contributed by atoms with Gasteiger partial charge in [0.1, 0.15) is 11.6 Å². The van der Waals surface area contributed by atoms with Gasteiger partial charge in [-0.15, -0.1) is 0 Å². The van der Waals surface area contributed by atoms with Crippen LogP contribution in [0.2, 0.25) is 0 Å². The maximum absolute atomic E-state index is 12.4. The van der Waals surface area contributed by atoms with Gasteiger partial charge >= 0.3 is 5.97 Å². The zero-order chi connectivity index (χ0) is 16.3. The number of pyridine rings is 1. The van der Waals surface area contributed by atoms with Crippen LogP contribution in [0, 0.1) is 25.2 Å². The number of rotatable bonds is 3. The van der Waals surface area contributed by atoms with Gasteiger partial charge in [0.2, 0.25) is 0 Å². The Bertz CT molecular complexity index is 829. The molecule has 0 aliphatic heterocycles. The highest BCUT2D eigenvalue weighted by Gasteiger charge is 2.11. The van der Waals surface area contributed by atoms with E-state index in [4.69, 9.17) is 10.00 Å². The largest absolute Gasteiger partial charge is 0.465 e. The second-order valence-electron chi connectivity index (χ2n) is 5.04. The minimum absolute atomic E-state index is 0.148. The van der Waals surface area contributed by atoms with Gasteiger partial charge in [-0.05, 0) is 43.2 Å². The van der Waals surface area contributed by atoms with E-state index in [1.165, 1.54) is 11.7 Å². The normalized spacial score (nSPS) is 10.1. The number of methoxy groups -OCH3 is 1. The average Bonchev–Trinajstić information content (AvgIpc) is 2.51. The molecule has 5 nitrogen and oxygen atoms in total. The smallest absolute Gasteiger partial charge is 0.337 e. The van der Waals surface area contributed by atoms with Crippen molar-refractivity contribution in [3.8, 4) is 6.07 Å². The number of hydrogen-bond acceptors (Lipinski definition) is 4. The molecule has 2 rings (SSSR count). The summed E-state index contributed by atoms with van der Waals surface area (Å²) in [6, 6.07) is 10.7. The van der Waals surface area contributed by atoms with Gasteiger partial charge in [-0.25, -0.2) is 4.79 Å². The zero-order valence-corrected chi connectivity index (χ0v) is 12.7. The Morgan fingerprint density at radius 3 is 2.68 bits per heavy atom. The molecule has 0 atom stereocenters. The molecule has 0 unspecified atom stereocenters. The van der Waals surface area contributed by atoms with E-state index in [0.29, 0.717) is 17.7 Å². The summed E-state index contributed by atoms with van der Waals surface area (Å²) >= 11 is 0. The number of benzene rings is 1. The summed E-state index contributed by atoms with van der Waals surface area (Å²) in [5, 5.41) is 9.10. The zero-order valence-electron chi connectivity index (χ0n) is 12.7. The number of nitriles is 1. The van der Waals surface area contributed by atoms with Crippen LogP contribution < -0.4 is 5.56 Å². The van der Waals surface area contributed by atoms with Gasteiger partial charge in [0.25, 0.3) is 5.56 Å². The van der Waals surface area contributed by atoms with Crippen molar-refractivity contribution < 1.29 is 9.53 Å². The summed E-state index contributed by atoms with van der Waals surface area (Å²) in [6.45, 7) is 3.86. The lowest BCUT2D eigenvalue weighted by Crippen LogP contribution is -2.26. The van der Waals surface area contributed by atoms with E-state index in [-0.39, 0.29) is 11.1 Å². The molecule has 0 fully saturated rings. The van der Waals surface area contributed by atoms with Crippen molar-refractivity contribution >= 4 is 5.97 Å². The molecular weight excluding hydrogens is 280 g/mol. The molecule has 0 amide bonds. The highest BCUT2D eigenvalue weighted by atomic mass is 16.5. The summed E-state index contributed by atoms with van der Waals surface area (Å²) in [5.41, 5.74) is 2.49. The molecule has 0 aliphatic carbocycles. The van der Waals surface area contributed by atoms with Gasteiger partial charge in [-0.3, -0.25) is 4.79 Å². The van der Waals surface area contributed by atoms with E-state index < -0.39 is 5.97 Å². The van der Waals surface area contributed by atoms with Crippen molar-refractivity contribution in [1.29, 1.82) is 5.26 Å². The Morgan fingerprint density at radius 2 is 2.05 bits per heavy atom. The highest BCUT2D eigenvalue weighted by molar-refractivity contribution is 5.89. The van der Waals surface area contributed by atoms with Crippen molar-refractivity contribution in [2.75, 3.05) is 7.11 Å². The Morgan fingerprint density at radius 1 is 1.32 bits per heavy atom. The van der Waals surface area contributed by atoms with Crippen LogP contribution in [0.1, 0.15) is 32.7 Å². The molecule has 0 N–H and O–H groups in total. The monoisotopic (exact) mass is 296 g/mol. The number of nitrogens with zero attached hydrogens (tertiary/aromatic N) is 2. The van der Waals surface area contributed by atoms with Crippen molar-refractivity contribution in [2.24, 2.45) is 0 Å². The molecule has 2 aromatic rings. The van der Waals surface area contributed by atoms with Crippen molar-refractivity contribution in [3.63, 3.8) is 0 Å². The first kappa shape index (κ1) is 15.5. The third kappa shape index (κ3) is 2.91.